The zero-order chi connectivity index (χ0) is 59.9. The highest BCUT2D eigenvalue weighted by Gasteiger charge is 2.19. The summed E-state index contributed by atoms with van der Waals surface area (Å²) in [5, 5.41) is 0. The van der Waals surface area contributed by atoms with Crippen LogP contribution in [-0.4, -0.2) is 37.2 Å². The van der Waals surface area contributed by atoms with Gasteiger partial charge in [0.2, 0.25) is 0 Å². The first-order chi connectivity index (χ1) is 41.0. The van der Waals surface area contributed by atoms with Crippen molar-refractivity contribution in [2.75, 3.05) is 13.2 Å². The third-order valence-electron chi connectivity index (χ3n) is 16.5. The molecule has 0 bridgehead atoms. The monoisotopic (exact) mass is 1160 g/mol. The van der Waals surface area contributed by atoms with Gasteiger partial charge < -0.3 is 14.2 Å². The molecule has 0 heterocycles. The van der Waals surface area contributed by atoms with Crippen LogP contribution in [0.15, 0.2) is 60.8 Å². The molecule has 6 heteroatoms. The van der Waals surface area contributed by atoms with Gasteiger partial charge in [0.05, 0.1) is 0 Å². The Balaban J connectivity index is 4.33. The fourth-order valence-electron chi connectivity index (χ4n) is 11.0. The van der Waals surface area contributed by atoms with Gasteiger partial charge in [0.1, 0.15) is 13.2 Å². The van der Waals surface area contributed by atoms with Gasteiger partial charge in [-0.05, 0) is 83.5 Å². The number of esters is 3. The lowest BCUT2D eigenvalue weighted by Gasteiger charge is -2.18. The fourth-order valence-corrected chi connectivity index (χ4v) is 11.0. The molecule has 0 saturated heterocycles. The van der Waals surface area contributed by atoms with Crippen molar-refractivity contribution in [3.05, 3.63) is 60.8 Å². The first-order valence-corrected chi connectivity index (χ1v) is 36.8. The number of allylic oxidation sites excluding steroid dienone is 10. The highest BCUT2D eigenvalue weighted by molar-refractivity contribution is 5.71. The Bertz CT molecular complexity index is 1470. The summed E-state index contributed by atoms with van der Waals surface area (Å²) in [7, 11) is 0. The molecule has 0 aliphatic heterocycles. The lowest BCUT2D eigenvalue weighted by molar-refractivity contribution is -0.167. The van der Waals surface area contributed by atoms with E-state index in [2.05, 4.69) is 81.5 Å². The van der Waals surface area contributed by atoms with E-state index in [0.717, 1.165) is 83.5 Å². The minimum atomic E-state index is -0.777. The van der Waals surface area contributed by atoms with Gasteiger partial charge in [-0.15, -0.1) is 0 Å². The lowest BCUT2D eigenvalue weighted by atomic mass is 10.0. The van der Waals surface area contributed by atoms with E-state index in [1.54, 1.807) is 0 Å². The molecule has 6 nitrogen and oxygen atoms in total. The second-order valence-electron chi connectivity index (χ2n) is 24.8. The van der Waals surface area contributed by atoms with E-state index in [1.165, 1.54) is 270 Å². The second-order valence-corrected chi connectivity index (χ2v) is 24.8. The van der Waals surface area contributed by atoms with E-state index < -0.39 is 6.10 Å². The van der Waals surface area contributed by atoms with E-state index >= 15 is 0 Å². The minimum Gasteiger partial charge on any atom is -0.462 e. The number of rotatable bonds is 68. The molecule has 0 rings (SSSR count). The third-order valence-corrected chi connectivity index (χ3v) is 16.5. The Morgan fingerprint density at radius 3 is 0.747 bits per heavy atom. The van der Waals surface area contributed by atoms with E-state index in [-0.39, 0.29) is 31.1 Å². The molecule has 0 N–H and O–H groups in total. The van der Waals surface area contributed by atoms with Crippen LogP contribution in [0.3, 0.4) is 0 Å². The molecule has 0 radical (unpaired) electrons. The Morgan fingerprint density at radius 2 is 0.470 bits per heavy atom. The highest BCUT2D eigenvalue weighted by Crippen LogP contribution is 2.19. The SMILES string of the molecule is CC/C=C\C/C=C\C/C=C\C/C=C\CCCCCCCCCCCCC(=O)OCC(COC(=O)CCCCCCCCCCC/C=C\CCCCCCCC)OC(=O)CCCCCCCCCCCCCCCCCCCCCCCCC. The molecule has 484 valence electrons. The molecule has 83 heavy (non-hydrogen) atoms. The summed E-state index contributed by atoms with van der Waals surface area (Å²) >= 11 is 0. The molecule has 0 aromatic carbocycles. The highest BCUT2D eigenvalue weighted by atomic mass is 16.6. The van der Waals surface area contributed by atoms with Crippen molar-refractivity contribution >= 4 is 17.9 Å². The van der Waals surface area contributed by atoms with Gasteiger partial charge in [-0.2, -0.15) is 0 Å². The van der Waals surface area contributed by atoms with E-state index in [4.69, 9.17) is 14.2 Å². The topological polar surface area (TPSA) is 78.9 Å². The van der Waals surface area contributed by atoms with Crippen molar-refractivity contribution in [1.82, 2.24) is 0 Å². The fraction of sp³-hybridized carbons (Fsp3) is 0.831. The predicted octanol–water partition coefficient (Wildman–Crippen LogP) is 25.5. The quantitative estimate of drug-likeness (QED) is 0.0261. The summed E-state index contributed by atoms with van der Waals surface area (Å²) in [6, 6.07) is 0. The van der Waals surface area contributed by atoms with Crippen molar-refractivity contribution in [2.45, 2.75) is 399 Å². The Kier molecular flexibility index (Phi) is 69.1. The van der Waals surface area contributed by atoms with Crippen molar-refractivity contribution in [3.8, 4) is 0 Å². The minimum absolute atomic E-state index is 0.0720. The molecule has 0 aromatic rings. The normalized spacial score (nSPS) is 12.4. The Hall–Kier alpha value is -2.89. The van der Waals surface area contributed by atoms with Crippen molar-refractivity contribution in [3.63, 3.8) is 0 Å². The largest absolute Gasteiger partial charge is 0.462 e. The van der Waals surface area contributed by atoms with Crippen molar-refractivity contribution in [2.24, 2.45) is 0 Å². The Morgan fingerprint density at radius 1 is 0.253 bits per heavy atom. The maximum Gasteiger partial charge on any atom is 0.306 e. The first-order valence-electron chi connectivity index (χ1n) is 36.8. The number of carbonyl (C=O) groups is 3. The molecule has 0 aromatic heterocycles. The molecule has 0 fully saturated rings. The number of unbranched alkanes of at least 4 members (excludes halogenated alkanes) is 47. The maximum absolute atomic E-state index is 13.0. The first kappa shape index (κ1) is 80.1. The molecule has 0 amide bonds. The number of ether oxygens (including phenoxy) is 3. The molecule has 1 atom stereocenters. The van der Waals surface area contributed by atoms with E-state index in [1.807, 2.05) is 0 Å². The zero-order valence-corrected chi connectivity index (χ0v) is 55.7. The van der Waals surface area contributed by atoms with Crippen molar-refractivity contribution < 1.29 is 28.6 Å². The smallest absolute Gasteiger partial charge is 0.306 e. The van der Waals surface area contributed by atoms with Crippen LogP contribution in [0.2, 0.25) is 0 Å². The number of hydrogen-bond donors (Lipinski definition) is 0. The zero-order valence-electron chi connectivity index (χ0n) is 55.7. The summed E-state index contributed by atoms with van der Waals surface area (Å²) < 4.78 is 17.0. The lowest BCUT2D eigenvalue weighted by Crippen LogP contribution is -2.30. The van der Waals surface area contributed by atoms with Crippen LogP contribution in [0.4, 0.5) is 0 Å². The summed E-state index contributed by atoms with van der Waals surface area (Å²) in [5.74, 6) is -0.849. The summed E-state index contributed by atoms with van der Waals surface area (Å²) in [6.07, 6.45) is 92.5. The Labute approximate surface area is 517 Å². The van der Waals surface area contributed by atoms with Crippen LogP contribution in [0.5, 0.6) is 0 Å². The average Bonchev–Trinajstić information content (AvgIpc) is 3.49. The molecule has 0 aliphatic rings. The van der Waals surface area contributed by atoms with E-state index in [9.17, 15) is 14.4 Å². The van der Waals surface area contributed by atoms with Crippen LogP contribution in [0.1, 0.15) is 393 Å². The molecule has 0 saturated carbocycles. The summed E-state index contributed by atoms with van der Waals surface area (Å²) in [4.78, 5) is 38.6. The predicted molar refractivity (Wildman–Crippen MR) is 362 cm³/mol. The molecular weight excluding hydrogens is 1020 g/mol. The second kappa shape index (κ2) is 71.6. The van der Waals surface area contributed by atoms with Crippen LogP contribution >= 0.6 is 0 Å². The molecule has 1 unspecified atom stereocenters. The maximum atomic E-state index is 13.0. The van der Waals surface area contributed by atoms with Crippen LogP contribution in [-0.2, 0) is 28.6 Å². The van der Waals surface area contributed by atoms with Gasteiger partial charge in [0.25, 0.3) is 0 Å². The number of hydrogen-bond acceptors (Lipinski definition) is 6. The third kappa shape index (κ3) is 69.8. The average molecular weight is 1160 g/mol. The van der Waals surface area contributed by atoms with Crippen LogP contribution < -0.4 is 0 Å². The summed E-state index contributed by atoms with van der Waals surface area (Å²) in [5.41, 5.74) is 0. The molecule has 0 aliphatic carbocycles. The van der Waals surface area contributed by atoms with Crippen molar-refractivity contribution in [1.29, 1.82) is 0 Å². The van der Waals surface area contributed by atoms with Gasteiger partial charge >= 0.3 is 17.9 Å². The standard InChI is InChI=1S/C77H140O6/c1-4-7-10-13-16-19-22-25-28-31-34-36-38-40-43-46-49-52-55-58-61-64-67-70-76(79)82-73-74(72-81-75(78)69-66-63-60-57-54-51-48-45-42-33-30-27-24-21-18-15-12-9-6-3)83-77(80)71-68-65-62-59-56-53-50-47-44-41-39-37-35-32-29-26-23-20-17-14-11-8-5-2/h7,10,16,19,25,27-28,30,34,36,74H,4-6,8-9,11-15,17-18,20-24,26,29,31-33,35,37-73H2,1-3H3/b10-7-,19-16-,28-25-,30-27-,36-34-. The van der Waals surface area contributed by atoms with Gasteiger partial charge in [-0.3, -0.25) is 14.4 Å². The molecular formula is C77H140O6. The number of carbonyl (C=O) groups excluding carboxylic acids is 3. The summed E-state index contributed by atoms with van der Waals surface area (Å²) in [6.45, 7) is 6.60. The van der Waals surface area contributed by atoms with Crippen LogP contribution in [0, 0.1) is 0 Å². The van der Waals surface area contributed by atoms with Gasteiger partial charge in [-0.25, -0.2) is 0 Å². The van der Waals surface area contributed by atoms with Gasteiger partial charge in [0, 0.05) is 19.3 Å². The van der Waals surface area contributed by atoms with Gasteiger partial charge in [-0.1, -0.05) is 351 Å². The van der Waals surface area contributed by atoms with E-state index in [0.29, 0.717) is 19.3 Å². The van der Waals surface area contributed by atoms with Gasteiger partial charge in [0.15, 0.2) is 6.10 Å². The molecule has 0 spiro atoms. The van der Waals surface area contributed by atoms with Crippen LogP contribution in [0.25, 0.3) is 0 Å².